The minimum absolute atomic E-state index is 0.134. The fourth-order valence-corrected chi connectivity index (χ4v) is 3.92. The van der Waals surface area contributed by atoms with Gasteiger partial charge in [0.1, 0.15) is 6.04 Å². The molecule has 1 saturated heterocycles. The fraction of sp³-hybridized carbons (Fsp3) is 0.292. The van der Waals surface area contributed by atoms with E-state index in [1.165, 1.54) is 5.56 Å². The van der Waals surface area contributed by atoms with Crippen LogP contribution in [-0.2, 0) is 16.0 Å². The van der Waals surface area contributed by atoms with Gasteiger partial charge in [0.2, 0.25) is 11.8 Å². The highest BCUT2D eigenvalue weighted by molar-refractivity contribution is 6.33. The van der Waals surface area contributed by atoms with Crippen LogP contribution >= 0.6 is 11.6 Å². The van der Waals surface area contributed by atoms with Gasteiger partial charge in [-0.15, -0.1) is 0 Å². The number of halogens is 1. The zero-order valence-corrected chi connectivity index (χ0v) is 18.1. The minimum Gasteiger partial charge on any atom is -0.441 e. The van der Waals surface area contributed by atoms with Gasteiger partial charge in [0.05, 0.1) is 16.9 Å². The molecule has 2 heterocycles. The van der Waals surface area contributed by atoms with E-state index in [-0.39, 0.29) is 18.2 Å². The number of benzene rings is 2. The number of rotatable bonds is 6. The summed E-state index contributed by atoms with van der Waals surface area (Å²) in [5.41, 5.74) is 2.79. The van der Waals surface area contributed by atoms with Gasteiger partial charge in [0.15, 0.2) is 11.7 Å². The van der Waals surface area contributed by atoms with Crippen LogP contribution in [0.4, 0.5) is 5.69 Å². The van der Waals surface area contributed by atoms with Crippen LogP contribution < -0.4 is 10.2 Å². The standard InChI is InChI=1S/C24H24ClN3O3/c1-16-8-10-17(11-9-16)21-15-26-23(31-21)13-12-22(29)27-19-6-4-14-28(24(19)30)20-7-3-2-5-18(20)25/h2-3,5,7-11,15,19H,4,6,12-14H2,1H3,(H,27,29). The number of nitrogens with one attached hydrogen (secondary N) is 1. The Labute approximate surface area is 186 Å². The van der Waals surface area contributed by atoms with E-state index in [4.69, 9.17) is 16.0 Å². The van der Waals surface area contributed by atoms with Crippen molar-refractivity contribution in [1.29, 1.82) is 0 Å². The van der Waals surface area contributed by atoms with Gasteiger partial charge < -0.3 is 14.6 Å². The second-order valence-electron chi connectivity index (χ2n) is 7.69. The lowest BCUT2D eigenvalue weighted by molar-refractivity contribution is -0.128. The number of oxazole rings is 1. The molecule has 160 valence electrons. The number of anilines is 1. The average molecular weight is 438 g/mol. The van der Waals surface area contributed by atoms with Gasteiger partial charge >= 0.3 is 0 Å². The molecule has 1 aliphatic heterocycles. The molecule has 7 heteroatoms. The number of hydrogen-bond donors (Lipinski definition) is 1. The first-order valence-electron chi connectivity index (χ1n) is 10.4. The molecule has 0 aliphatic carbocycles. The number of para-hydroxylation sites is 1. The summed E-state index contributed by atoms with van der Waals surface area (Å²) < 4.78 is 5.78. The minimum atomic E-state index is -0.551. The van der Waals surface area contributed by atoms with Crippen molar-refractivity contribution in [2.24, 2.45) is 0 Å². The van der Waals surface area contributed by atoms with E-state index in [2.05, 4.69) is 10.3 Å². The SMILES string of the molecule is Cc1ccc(-c2cnc(CCC(=O)NC3CCCN(c4ccccc4Cl)C3=O)o2)cc1. The Kier molecular flexibility index (Phi) is 6.37. The van der Waals surface area contributed by atoms with Crippen LogP contribution in [0.15, 0.2) is 59.1 Å². The Morgan fingerprint density at radius 2 is 2.00 bits per heavy atom. The third kappa shape index (κ3) is 4.97. The zero-order chi connectivity index (χ0) is 21.8. The van der Waals surface area contributed by atoms with Crippen molar-refractivity contribution in [2.45, 2.75) is 38.6 Å². The predicted molar refractivity (Wildman–Crippen MR) is 120 cm³/mol. The second-order valence-corrected chi connectivity index (χ2v) is 8.10. The number of nitrogens with zero attached hydrogens (tertiary/aromatic N) is 2. The Morgan fingerprint density at radius 3 is 2.77 bits per heavy atom. The number of aromatic nitrogens is 1. The predicted octanol–water partition coefficient (Wildman–Crippen LogP) is 4.55. The average Bonchev–Trinajstić information content (AvgIpc) is 3.24. The highest BCUT2D eigenvalue weighted by Gasteiger charge is 2.31. The van der Waals surface area contributed by atoms with E-state index in [9.17, 15) is 9.59 Å². The van der Waals surface area contributed by atoms with Gasteiger partial charge in [-0.3, -0.25) is 9.59 Å². The smallest absolute Gasteiger partial charge is 0.249 e. The summed E-state index contributed by atoms with van der Waals surface area (Å²) >= 11 is 6.25. The van der Waals surface area contributed by atoms with Gasteiger partial charge in [-0.05, 0) is 31.9 Å². The molecule has 4 rings (SSSR count). The Hall–Kier alpha value is -3.12. The van der Waals surface area contributed by atoms with Gasteiger partial charge in [-0.2, -0.15) is 0 Å². The third-order valence-corrected chi connectivity index (χ3v) is 5.69. The van der Waals surface area contributed by atoms with Gasteiger partial charge in [-0.25, -0.2) is 4.98 Å². The molecule has 0 bridgehead atoms. The third-order valence-electron chi connectivity index (χ3n) is 5.37. The van der Waals surface area contributed by atoms with Crippen LogP contribution in [0.3, 0.4) is 0 Å². The molecule has 0 radical (unpaired) electrons. The van der Waals surface area contributed by atoms with Crippen molar-refractivity contribution in [3.63, 3.8) is 0 Å². The number of aryl methyl sites for hydroxylation is 2. The molecule has 2 aromatic carbocycles. The zero-order valence-electron chi connectivity index (χ0n) is 17.3. The molecule has 0 saturated carbocycles. The van der Waals surface area contributed by atoms with Crippen molar-refractivity contribution in [1.82, 2.24) is 10.3 Å². The summed E-state index contributed by atoms with van der Waals surface area (Å²) in [6.07, 6.45) is 3.64. The quantitative estimate of drug-likeness (QED) is 0.614. The van der Waals surface area contributed by atoms with Gasteiger partial charge in [0, 0.05) is 24.9 Å². The lowest BCUT2D eigenvalue weighted by Gasteiger charge is -2.33. The number of carbonyl (C=O) groups excluding carboxylic acids is 2. The molecule has 2 amide bonds. The maximum absolute atomic E-state index is 12.9. The van der Waals surface area contributed by atoms with Crippen molar-refractivity contribution < 1.29 is 14.0 Å². The number of amides is 2. The first-order chi connectivity index (χ1) is 15.0. The lowest BCUT2D eigenvalue weighted by Crippen LogP contribution is -2.52. The Morgan fingerprint density at radius 1 is 1.23 bits per heavy atom. The van der Waals surface area contributed by atoms with Crippen LogP contribution in [0, 0.1) is 6.92 Å². The van der Waals surface area contributed by atoms with Crippen molar-refractivity contribution in [3.05, 3.63) is 71.2 Å². The molecular formula is C24H24ClN3O3. The normalized spacial score (nSPS) is 16.4. The largest absolute Gasteiger partial charge is 0.441 e. The first kappa shape index (κ1) is 21.1. The van der Waals surface area contributed by atoms with E-state index >= 15 is 0 Å². The summed E-state index contributed by atoms with van der Waals surface area (Å²) in [5.74, 6) is 0.839. The number of piperidine rings is 1. The van der Waals surface area contributed by atoms with E-state index in [0.29, 0.717) is 41.7 Å². The van der Waals surface area contributed by atoms with Crippen LogP contribution in [0.2, 0.25) is 5.02 Å². The molecule has 3 aromatic rings. The highest BCUT2D eigenvalue weighted by Crippen LogP contribution is 2.28. The summed E-state index contributed by atoms with van der Waals surface area (Å²) in [5, 5.41) is 3.38. The van der Waals surface area contributed by atoms with E-state index in [1.54, 1.807) is 17.2 Å². The van der Waals surface area contributed by atoms with Crippen LogP contribution in [0.1, 0.15) is 30.7 Å². The maximum atomic E-state index is 12.9. The van der Waals surface area contributed by atoms with E-state index in [0.717, 1.165) is 12.0 Å². The first-order valence-corrected chi connectivity index (χ1v) is 10.8. The van der Waals surface area contributed by atoms with Crippen LogP contribution in [0.25, 0.3) is 11.3 Å². The monoisotopic (exact) mass is 437 g/mol. The molecule has 31 heavy (non-hydrogen) atoms. The van der Waals surface area contributed by atoms with Crippen molar-refractivity contribution in [2.75, 3.05) is 11.4 Å². The summed E-state index contributed by atoms with van der Waals surface area (Å²) in [6.45, 7) is 2.62. The molecule has 1 unspecified atom stereocenters. The molecule has 1 N–H and O–H groups in total. The van der Waals surface area contributed by atoms with Crippen molar-refractivity contribution in [3.8, 4) is 11.3 Å². The van der Waals surface area contributed by atoms with Gasteiger partial charge in [0.25, 0.3) is 0 Å². The summed E-state index contributed by atoms with van der Waals surface area (Å²) in [7, 11) is 0. The Bertz CT molecular complexity index is 1080. The molecular weight excluding hydrogens is 414 g/mol. The van der Waals surface area contributed by atoms with Crippen molar-refractivity contribution >= 4 is 29.1 Å². The summed E-state index contributed by atoms with van der Waals surface area (Å²) in [6, 6.07) is 14.7. The number of hydrogen-bond acceptors (Lipinski definition) is 4. The highest BCUT2D eigenvalue weighted by atomic mass is 35.5. The summed E-state index contributed by atoms with van der Waals surface area (Å²) in [4.78, 5) is 31.3. The van der Waals surface area contributed by atoms with Crippen LogP contribution in [0.5, 0.6) is 0 Å². The Balaban J connectivity index is 1.33. The molecule has 1 atom stereocenters. The molecule has 1 aromatic heterocycles. The molecule has 6 nitrogen and oxygen atoms in total. The lowest BCUT2D eigenvalue weighted by atomic mass is 10.0. The molecule has 1 fully saturated rings. The maximum Gasteiger partial charge on any atom is 0.249 e. The second kappa shape index (κ2) is 9.35. The van der Waals surface area contributed by atoms with Crippen LogP contribution in [-0.4, -0.2) is 29.4 Å². The van der Waals surface area contributed by atoms with E-state index in [1.807, 2.05) is 49.4 Å². The molecule has 0 spiro atoms. The molecule has 1 aliphatic rings. The van der Waals surface area contributed by atoms with E-state index < -0.39 is 6.04 Å². The fourth-order valence-electron chi connectivity index (χ4n) is 3.68. The van der Waals surface area contributed by atoms with Gasteiger partial charge in [-0.1, -0.05) is 53.6 Å². The topological polar surface area (TPSA) is 75.4 Å². The number of carbonyl (C=O) groups is 2.